The minimum atomic E-state index is 0.00234. The number of rotatable bonds is 5. The van der Waals surface area contributed by atoms with Crippen molar-refractivity contribution in [3.63, 3.8) is 0 Å². The van der Waals surface area contributed by atoms with Gasteiger partial charge in [-0.2, -0.15) is 11.8 Å². The van der Waals surface area contributed by atoms with Crippen LogP contribution >= 0.6 is 11.8 Å². The molecule has 4 nitrogen and oxygen atoms in total. The maximum absolute atomic E-state index is 12.7. The SMILES string of the molecule is O=C1CCC(C(=O)N2CCSCC2)CN1CCCc1ccccc1. The van der Waals surface area contributed by atoms with Crippen LogP contribution in [-0.4, -0.2) is 59.3 Å². The van der Waals surface area contributed by atoms with Crippen molar-refractivity contribution in [2.24, 2.45) is 5.92 Å². The third-order valence-corrected chi connectivity index (χ3v) is 5.85. The Hall–Kier alpha value is -1.49. The zero-order valence-corrected chi connectivity index (χ0v) is 15.0. The lowest BCUT2D eigenvalue weighted by atomic mass is 9.95. The minimum absolute atomic E-state index is 0.00234. The number of piperidine rings is 1. The Morgan fingerprint density at radius 3 is 2.67 bits per heavy atom. The molecule has 2 heterocycles. The summed E-state index contributed by atoms with van der Waals surface area (Å²) >= 11 is 1.91. The lowest BCUT2D eigenvalue weighted by Gasteiger charge is -2.36. The van der Waals surface area contributed by atoms with Crippen LogP contribution in [0, 0.1) is 5.92 Å². The summed E-state index contributed by atoms with van der Waals surface area (Å²) in [5.41, 5.74) is 1.31. The van der Waals surface area contributed by atoms with Gasteiger partial charge in [-0.1, -0.05) is 30.3 Å². The summed E-state index contributed by atoms with van der Waals surface area (Å²) in [6.07, 6.45) is 3.17. The first kappa shape index (κ1) is 17.3. The summed E-state index contributed by atoms with van der Waals surface area (Å²) < 4.78 is 0. The van der Waals surface area contributed by atoms with Gasteiger partial charge in [0.05, 0.1) is 5.92 Å². The van der Waals surface area contributed by atoms with E-state index in [2.05, 4.69) is 12.1 Å². The van der Waals surface area contributed by atoms with E-state index in [-0.39, 0.29) is 17.7 Å². The number of hydrogen-bond acceptors (Lipinski definition) is 3. The van der Waals surface area contributed by atoms with E-state index in [1.165, 1.54) is 5.56 Å². The van der Waals surface area contributed by atoms with E-state index in [0.717, 1.165) is 50.4 Å². The average molecular weight is 346 g/mol. The van der Waals surface area contributed by atoms with Crippen molar-refractivity contribution in [2.45, 2.75) is 25.7 Å². The number of hydrogen-bond donors (Lipinski definition) is 0. The van der Waals surface area contributed by atoms with Crippen molar-refractivity contribution in [1.29, 1.82) is 0 Å². The van der Waals surface area contributed by atoms with Gasteiger partial charge in [0.2, 0.25) is 11.8 Å². The van der Waals surface area contributed by atoms with Crippen LogP contribution in [0.3, 0.4) is 0 Å². The second-order valence-electron chi connectivity index (χ2n) is 6.60. The zero-order chi connectivity index (χ0) is 16.8. The summed E-state index contributed by atoms with van der Waals surface area (Å²) in [5.74, 6) is 2.55. The molecule has 1 aromatic carbocycles. The van der Waals surface area contributed by atoms with Gasteiger partial charge in [0.1, 0.15) is 0 Å². The van der Waals surface area contributed by atoms with E-state index in [9.17, 15) is 9.59 Å². The highest BCUT2D eigenvalue weighted by Gasteiger charge is 2.32. The van der Waals surface area contributed by atoms with Crippen molar-refractivity contribution < 1.29 is 9.59 Å². The second kappa shape index (κ2) is 8.56. The minimum Gasteiger partial charge on any atom is -0.342 e. The fraction of sp³-hybridized carbons (Fsp3) is 0.579. The topological polar surface area (TPSA) is 40.6 Å². The molecule has 2 saturated heterocycles. The summed E-state index contributed by atoms with van der Waals surface area (Å²) in [5, 5.41) is 0. The molecule has 0 radical (unpaired) electrons. The van der Waals surface area contributed by atoms with Crippen LogP contribution in [0.15, 0.2) is 30.3 Å². The molecule has 0 N–H and O–H groups in total. The highest BCUT2D eigenvalue weighted by atomic mass is 32.2. The molecule has 0 spiro atoms. The number of benzene rings is 1. The molecule has 0 aromatic heterocycles. The van der Waals surface area contributed by atoms with E-state index in [0.29, 0.717) is 13.0 Å². The highest BCUT2D eigenvalue weighted by Crippen LogP contribution is 2.22. The molecule has 3 rings (SSSR count). The molecule has 0 aliphatic carbocycles. The molecule has 1 aromatic rings. The van der Waals surface area contributed by atoms with Gasteiger partial charge in [-0.3, -0.25) is 9.59 Å². The third-order valence-electron chi connectivity index (χ3n) is 4.91. The standard InChI is InChI=1S/C19H26N2O2S/c22-18-9-8-17(19(23)20-11-13-24-14-12-20)15-21(18)10-4-7-16-5-2-1-3-6-16/h1-3,5-6,17H,4,7-15H2. The zero-order valence-electron chi connectivity index (χ0n) is 14.2. The Kier molecular flexibility index (Phi) is 6.18. The maximum Gasteiger partial charge on any atom is 0.227 e. The fourth-order valence-corrected chi connectivity index (χ4v) is 4.40. The quantitative estimate of drug-likeness (QED) is 0.822. The first-order valence-electron chi connectivity index (χ1n) is 8.92. The summed E-state index contributed by atoms with van der Waals surface area (Å²) in [7, 11) is 0. The Bertz CT molecular complexity index is 558. The van der Waals surface area contributed by atoms with Crippen LogP contribution in [0.4, 0.5) is 0 Å². The molecule has 130 valence electrons. The second-order valence-corrected chi connectivity index (χ2v) is 7.83. The van der Waals surface area contributed by atoms with Crippen molar-refractivity contribution in [3.8, 4) is 0 Å². The van der Waals surface area contributed by atoms with Crippen LogP contribution < -0.4 is 0 Å². The van der Waals surface area contributed by atoms with Crippen molar-refractivity contribution in [2.75, 3.05) is 37.7 Å². The maximum atomic E-state index is 12.7. The Balaban J connectivity index is 1.49. The first-order valence-corrected chi connectivity index (χ1v) is 10.1. The summed E-state index contributed by atoms with van der Waals surface area (Å²) in [6.45, 7) is 3.09. The van der Waals surface area contributed by atoms with Crippen LogP contribution in [0.25, 0.3) is 0 Å². The number of likely N-dealkylation sites (tertiary alicyclic amines) is 1. The molecular weight excluding hydrogens is 320 g/mol. The van der Waals surface area contributed by atoms with E-state index >= 15 is 0 Å². The van der Waals surface area contributed by atoms with Crippen molar-refractivity contribution in [1.82, 2.24) is 9.80 Å². The van der Waals surface area contributed by atoms with E-state index in [1.807, 2.05) is 39.8 Å². The highest BCUT2D eigenvalue weighted by molar-refractivity contribution is 7.99. The van der Waals surface area contributed by atoms with Gasteiger partial charge in [-0.05, 0) is 24.8 Å². The van der Waals surface area contributed by atoms with Gasteiger partial charge in [0.15, 0.2) is 0 Å². The molecule has 1 unspecified atom stereocenters. The molecule has 24 heavy (non-hydrogen) atoms. The number of carbonyl (C=O) groups is 2. The average Bonchev–Trinajstić information content (AvgIpc) is 2.64. The molecular formula is C19H26N2O2S. The van der Waals surface area contributed by atoms with Crippen LogP contribution in [0.2, 0.25) is 0 Å². The number of nitrogens with zero attached hydrogens (tertiary/aromatic N) is 2. The monoisotopic (exact) mass is 346 g/mol. The number of carbonyl (C=O) groups excluding carboxylic acids is 2. The number of thioether (sulfide) groups is 1. The van der Waals surface area contributed by atoms with Crippen LogP contribution in [0.5, 0.6) is 0 Å². The Morgan fingerprint density at radius 1 is 1.17 bits per heavy atom. The van der Waals surface area contributed by atoms with E-state index in [4.69, 9.17) is 0 Å². The molecule has 2 aliphatic heterocycles. The van der Waals surface area contributed by atoms with Crippen LogP contribution in [0.1, 0.15) is 24.8 Å². The molecule has 1 atom stereocenters. The first-order chi connectivity index (χ1) is 11.7. The molecule has 2 fully saturated rings. The molecule has 0 bridgehead atoms. The third kappa shape index (κ3) is 4.53. The van der Waals surface area contributed by atoms with Gasteiger partial charge < -0.3 is 9.80 Å². The van der Waals surface area contributed by atoms with Gasteiger partial charge in [-0.15, -0.1) is 0 Å². The van der Waals surface area contributed by atoms with Gasteiger partial charge in [0.25, 0.3) is 0 Å². The van der Waals surface area contributed by atoms with Crippen LogP contribution in [-0.2, 0) is 16.0 Å². The summed E-state index contributed by atoms with van der Waals surface area (Å²) in [6, 6.07) is 10.4. The molecule has 5 heteroatoms. The smallest absolute Gasteiger partial charge is 0.227 e. The summed E-state index contributed by atoms with van der Waals surface area (Å²) in [4.78, 5) is 28.8. The Labute approximate surface area is 148 Å². The predicted molar refractivity (Wildman–Crippen MR) is 98.0 cm³/mol. The van der Waals surface area contributed by atoms with Gasteiger partial charge in [0, 0.05) is 44.1 Å². The molecule has 0 saturated carbocycles. The van der Waals surface area contributed by atoms with E-state index in [1.54, 1.807) is 0 Å². The van der Waals surface area contributed by atoms with Gasteiger partial charge in [-0.25, -0.2) is 0 Å². The largest absolute Gasteiger partial charge is 0.342 e. The number of aryl methyl sites for hydroxylation is 1. The van der Waals surface area contributed by atoms with Crippen molar-refractivity contribution in [3.05, 3.63) is 35.9 Å². The lowest BCUT2D eigenvalue weighted by Crippen LogP contribution is -2.49. The number of amides is 2. The van der Waals surface area contributed by atoms with Gasteiger partial charge >= 0.3 is 0 Å². The van der Waals surface area contributed by atoms with Crippen molar-refractivity contribution >= 4 is 23.6 Å². The molecule has 2 aliphatic rings. The van der Waals surface area contributed by atoms with E-state index < -0.39 is 0 Å². The lowest BCUT2D eigenvalue weighted by molar-refractivity contribution is -0.142. The fourth-order valence-electron chi connectivity index (χ4n) is 3.49. The Morgan fingerprint density at radius 2 is 1.92 bits per heavy atom. The molecule has 2 amide bonds. The predicted octanol–water partition coefficient (Wildman–Crippen LogP) is 2.43. The normalized spacial score (nSPS) is 21.8.